The normalized spacial score (nSPS) is 14.3. The van der Waals surface area contributed by atoms with Crippen molar-refractivity contribution in [3.05, 3.63) is 47.7 Å². The lowest BCUT2D eigenvalue weighted by atomic mass is 10.1. The van der Waals surface area contributed by atoms with E-state index >= 15 is 0 Å². The Morgan fingerprint density at radius 3 is 2.35 bits per heavy atom. The van der Waals surface area contributed by atoms with Crippen LogP contribution in [-0.2, 0) is 0 Å². The molecule has 2 heterocycles. The van der Waals surface area contributed by atoms with Crippen LogP contribution in [0.25, 0.3) is 17.0 Å². The molecule has 2 aromatic rings. The molecule has 3 rings (SSSR count). The average Bonchev–Trinajstić information content (AvgIpc) is 3.06. The zero-order chi connectivity index (χ0) is 17.1. The smallest absolute Gasteiger partial charge is 0.0709 e. The van der Waals surface area contributed by atoms with Gasteiger partial charge >= 0.3 is 0 Å². The van der Waals surface area contributed by atoms with Gasteiger partial charge in [0, 0.05) is 5.39 Å². The molecule has 0 bridgehead atoms. The highest BCUT2D eigenvalue weighted by Gasteiger charge is 2.03. The second kappa shape index (κ2) is 11.0. The maximum Gasteiger partial charge on any atom is 0.0709 e. The summed E-state index contributed by atoms with van der Waals surface area (Å²) in [5, 5.41) is 1.21. The fraction of sp³-hybridized carbons (Fsp3) is 0.476. The third kappa shape index (κ3) is 6.54. The highest BCUT2D eigenvalue weighted by atomic mass is 15.1. The summed E-state index contributed by atoms with van der Waals surface area (Å²) < 4.78 is 0. The maximum absolute atomic E-state index is 4.63. The molecule has 2 nitrogen and oxygen atoms in total. The molecule has 0 saturated carbocycles. The van der Waals surface area contributed by atoms with E-state index in [1.165, 1.54) is 36.9 Å². The topological polar surface area (TPSA) is 16.1 Å². The predicted octanol–water partition coefficient (Wildman–Crippen LogP) is 5.70. The molecule has 0 radical (unpaired) electrons. The van der Waals surface area contributed by atoms with Crippen LogP contribution in [0.4, 0.5) is 0 Å². The standard InChI is InChI=1S/C14H15N.C5H11N.C2H6/c1-3-4-8-13-11(2)10-12-7-5-6-9-14(12)15-13;1-6-4-2-3-5-6;1-2/h4-10H,3H2,1-2H3;2-5H2,1H3;1-2H3/b8-4+;;. The number of fused-ring (bicyclic) bond motifs is 1. The summed E-state index contributed by atoms with van der Waals surface area (Å²) in [7, 11) is 2.17. The zero-order valence-electron chi connectivity index (χ0n) is 15.5. The van der Waals surface area contributed by atoms with Gasteiger partial charge in [-0.1, -0.05) is 45.0 Å². The number of benzene rings is 1. The van der Waals surface area contributed by atoms with E-state index in [4.69, 9.17) is 0 Å². The van der Waals surface area contributed by atoms with Gasteiger partial charge in [0.05, 0.1) is 11.2 Å². The van der Waals surface area contributed by atoms with Gasteiger partial charge in [-0.25, -0.2) is 4.98 Å². The largest absolute Gasteiger partial charge is 0.306 e. The molecule has 0 aliphatic carbocycles. The Morgan fingerprint density at radius 1 is 1.13 bits per heavy atom. The van der Waals surface area contributed by atoms with Crippen molar-refractivity contribution in [3.63, 3.8) is 0 Å². The van der Waals surface area contributed by atoms with Crippen LogP contribution < -0.4 is 0 Å². The molecule has 0 unspecified atom stereocenters. The van der Waals surface area contributed by atoms with Crippen molar-refractivity contribution in [2.45, 2.75) is 47.0 Å². The monoisotopic (exact) mass is 312 g/mol. The molecular weight excluding hydrogens is 280 g/mol. The van der Waals surface area contributed by atoms with Gasteiger partial charge in [0.1, 0.15) is 0 Å². The summed E-state index contributed by atoms with van der Waals surface area (Å²) in [6.07, 6.45) is 8.12. The van der Waals surface area contributed by atoms with E-state index in [0.717, 1.165) is 17.6 Å². The fourth-order valence-electron chi connectivity index (χ4n) is 2.51. The minimum atomic E-state index is 1.05. The van der Waals surface area contributed by atoms with Crippen molar-refractivity contribution in [2.75, 3.05) is 20.1 Å². The molecule has 23 heavy (non-hydrogen) atoms. The number of pyridine rings is 1. The van der Waals surface area contributed by atoms with Crippen molar-refractivity contribution < 1.29 is 0 Å². The maximum atomic E-state index is 4.63. The van der Waals surface area contributed by atoms with Gasteiger partial charge in [0.15, 0.2) is 0 Å². The second-order valence-electron chi connectivity index (χ2n) is 5.70. The molecule has 0 amide bonds. The first-order chi connectivity index (χ1) is 11.2. The molecule has 1 fully saturated rings. The van der Waals surface area contributed by atoms with Crippen LogP contribution >= 0.6 is 0 Å². The van der Waals surface area contributed by atoms with Gasteiger partial charge in [0.25, 0.3) is 0 Å². The van der Waals surface area contributed by atoms with Gasteiger partial charge in [0.2, 0.25) is 0 Å². The van der Waals surface area contributed by atoms with Crippen molar-refractivity contribution >= 4 is 17.0 Å². The molecule has 1 aliphatic rings. The molecule has 126 valence electrons. The highest BCUT2D eigenvalue weighted by Crippen LogP contribution is 2.16. The van der Waals surface area contributed by atoms with Gasteiger partial charge in [-0.05, 0) is 70.1 Å². The summed E-state index contributed by atoms with van der Waals surface area (Å²) >= 11 is 0. The summed E-state index contributed by atoms with van der Waals surface area (Å²) in [6, 6.07) is 10.4. The Morgan fingerprint density at radius 2 is 1.78 bits per heavy atom. The van der Waals surface area contributed by atoms with Crippen molar-refractivity contribution in [1.29, 1.82) is 0 Å². The van der Waals surface area contributed by atoms with Crippen LogP contribution in [-0.4, -0.2) is 30.0 Å². The Labute approximate surface area is 142 Å². The number of para-hydroxylation sites is 1. The fourth-order valence-corrected chi connectivity index (χ4v) is 2.51. The molecule has 0 N–H and O–H groups in total. The lowest BCUT2D eigenvalue weighted by Crippen LogP contribution is -2.10. The number of allylic oxidation sites excluding steroid dienone is 1. The average molecular weight is 313 g/mol. The lowest BCUT2D eigenvalue weighted by molar-refractivity contribution is 0.418. The number of nitrogens with zero attached hydrogens (tertiary/aromatic N) is 2. The van der Waals surface area contributed by atoms with E-state index in [0.29, 0.717) is 0 Å². The number of hydrogen-bond acceptors (Lipinski definition) is 2. The number of likely N-dealkylation sites (tertiary alicyclic amines) is 1. The first kappa shape index (κ1) is 19.4. The minimum absolute atomic E-state index is 1.05. The summed E-state index contributed by atoms with van der Waals surface area (Å²) in [6.45, 7) is 10.9. The summed E-state index contributed by atoms with van der Waals surface area (Å²) in [4.78, 5) is 6.99. The first-order valence-corrected chi connectivity index (χ1v) is 8.92. The van der Waals surface area contributed by atoms with Crippen molar-refractivity contribution in [2.24, 2.45) is 0 Å². The van der Waals surface area contributed by atoms with E-state index < -0.39 is 0 Å². The molecule has 2 heteroatoms. The minimum Gasteiger partial charge on any atom is -0.306 e. The van der Waals surface area contributed by atoms with Crippen LogP contribution in [0.3, 0.4) is 0 Å². The molecular formula is C21H32N2. The Bertz CT molecular complexity index is 596. The van der Waals surface area contributed by atoms with E-state index in [2.05, 4.69) is 61.1 Å². The summed E-state index contributed by atoms with van der Waals surface area (Å²) in [5.74, 6) is 0. The number of aromatic nitrogens is 1. The van der Waals surface area contributed by atoms with Gasteiger partial charge in [-0.2, -0.15) is 0 Å². The van der Waals surface area contributed by atoms with Crippen LogP contribution in [0.1, 0.15) is 51.3 Å². The van der Waals surface area contributed by atoms with E-state index in [1.807, 2.05) is 26.0 Å². The zero-order valence-corrected chi connectivity index (χ0v) is 15.5. The number of hydrogen-bond donors (Lipinski definition) is 0. The predicted molar refractivity (Wildman–Crippen MR) is 104 cm³/mol. The molecule has 1 saturated heterocycles. The summed E-state index contributed by atoms with van der Waals surface area (Å²) in [5.41, 5.74) is 3.38. The van der Waals surface area contributed by atoms with Crippen LogP contribution in [0.5, 0.6) is 0 Å². The van der Waals surface area contributed by atoms with Crippen LogP contribution in [0.15, 0.2) is 36.4 Å². The molecule has 1 aromatic heterocycles. The lowest BCUT2D eigenvalue weighted by Gasteiger charge is -2.02. The van der Waals surface area contributed by atoms with Crippen molar-refractivity contribution in [1.82, 2.24) is 9.88 Å². The molecule has 1 aliphatic heterocycles. The third-order valence-electron chi connectivity index (χ3n) is 3.79. The first-order valence-electron chi connectivity index (χ1n) is 8.92. The van der Waals surface area contributed by atoms with Crippen LogP contribution in [0, 0.1) is 6.92 Å². The quantitative estimate of drug-likeness (QED) is 0.706. The van der Waals surface area contributed by atoms with E-state index in [1.54, 1.807) is 0 Å². The van der Waals surface area contributed by atoms with Gasteiger partial charge < -0.3 is 4.90 Å². The Balaban J connectivity index is 0.000000276. The van der Waals surface area contributed by atoms with E-state index in [-0.39, 0.29) is 0 Å². The Hall–Kier alpha value is -1.67. The SMILES string of the molecule is CC.CC/C=C/c1nc2ccccc2cc1C.CN1CCCC1. The third-order valence-corrected chi connectivity index (χ3v) is 3.79. The van der Waals surface area contributed by atoms with Gasteiger partial charge in [-0.3, -0.25) is 0 Å². The second-order valence-corrected chi connectivity index (χ2v) is 5.70. The molecule has 1 aromatic carbocycles. The highest BCUT2D eigenvalue weighted by molar-refractivity contribution is 5.80. The molecule has 0 atom stereocenters. The van der Waals surface area contributed by atoms with Crippen LogP contribution in [0.2, 0.25) is 0 Å². The molecule has 0 spiro atoms. The Kier molecular flexibility index (Phi) is 9.23. The van der Waals surface area contributed by atoms with Gasteiger partial charge in [-0.15, -0.1) is 0 Å². The van der Waals surface area contributed by atoms with E-state index in [9.17, 15) is 0 Å². The number of rotatable bonds is 2. The number of aryl methyl sites for hydroxylation is 1. The van der Waals surface area contributed by atoms with Crippen molar-refractivity contribution in [3.8, 4) is 0 Å².